The Morgan fingerprint density at radius 2 is 2.33 bits per heavy atom. The van der Waals surface area contributed by atoms with Crippen molar-refractivity contribution in [1.82, 2.24) is 9.78 Å². The Balaban J connectivity index is 2.58. The third-order valence-corrected chi connectivity index (χ3v) is 4.28. The van der Waals surface area contributed by atoms with Crippen LogP contribution in [0.1, 0.15) is 6.92 Å². The van der Waals surface area contributed by atoms with Crippen molar-refractivity contribution in [2.45, 2.75) is 13.5 Å². The number of sulfonamides is 1. The van der Waals surface area contributed by atoms with Gasteiger partial charge in [-0.1, -0.05) is 6.92 Å². The monoisotopic (exact) mass is 295 g/mol. The van der Waals surface area contributed by atoms with Crippen LogP contribution in [-0.4, -0.2) is 43.5 Å². The SMILES string of the molecule is COCCn1cc(NS(=O)(=O)CC(C)CCl)cn1. The van der Waals surface area contributed by atoms with E-state index in [1.54, 1.807) is 24.9 Å². The van der Waals surface area contributed by atoms with Crippen molar-refractivity contribution in [3.8, 4) is 0 Å². The van der Waals surface area contributed by atoms with E-state index in [2.05, 4.69) is 9.82 Å². The highest BCUT2D eigenvalue weighted by molar-refractivity contribution is 7.92. The van der Waals surface area contributed by atoms with Crippen LogP contribution in [0, 0.1) is 5.92 Å². The molecular weight excluding hydrogens is 278 g/mol. The fourth-order valence-corrected chi connectivity index (χ4v) is 3.02. The van der Waals surface area contributed by atoms with Gasteiger partial charge in [0.15, 0.2) is 0 Å². The van der Waals surface area contributed by atoms with E-state index in [0.29, 0.717) is 24.7 Å². The molecule has 0 aliphatic heterocycles. The number of halogens is 1. The molecule has 1 atom stereocenters. The van der Waals surface area contributed by atoms with Crippen molar-refractivity contribution < 1.29 is 13.2 Å². The summed E-state index contributed by atoms with van der Waals surface area (Å²) in [4.78, 5) is 0. The van der Waals surface area contributed by atoms with Crippen molar-refractivity contribution in [3.63, 3.8) is 0 Å². The molecule has 0 bridgehead atoms. The Kier molecular flexibility index (Phi) is 5.90. The van der Waals surface area contributed by atoms with Gasteiger partial charge in [-0.05, 0) is 5.92 Å². The van der Waals surface area contributed by atoms with Gasteiger partial charge in [0.2, 0.25) is 10.0 Å². The van der Waals surface area contributed by atoms with E-state index < -0.39 is 10.0 Å². The van der Waals surface area contributed by atoms with Crippen LogP contribution < -0.4 is 4.72 Å². The average molecular weight is 296 g/mol. The van der Waals surface area contributed by atoms with Crippen LogP contribution in [0.3, 0.4) is 0 Å². The molecule has 1 aromatic heterocycles. The Morgan fingerprint density at radius 3 is 2.94 bits per heavy atom. The quantitative estimate of drug-likeness (QED) is 0.730. The Labute approximate surface area is 112 Å². The standard InChI is InChI=1S/C10H18ClN3O3S/c1-9(5-11)8-18(15,16)13-10-6-12-14(7-10)3-4-17-2/h6-7,9,13H,3-5,8H2,1-2H3. The molecule has 0 saturated heterocycles. The van der Waals surface area contributed by atoms with Crippen LogP contribution in [0.15, 0.2) is 12.4 Å². The normalized spacial score (nSPS) is 13.5. The number of methoxy groups -OCH3 is 1. The summed E-state index contributed by atoms with van der Waals surface area (Å²) in [6.07, 6.45) is 3.10. The van der Waals surface area contributed by atoms with Crippen LogP contribution in [0.25, 0.3) is 0 Å². The first-order valence-corrected chi connectivity index (χ1v) is 7.73. The maximum absolute atomic E-state index is 11.8. The van der Waals surface area contributed by atoms with Crippen molar-refractivity contribution in [2.75, 3.05) is 30.1 Å². The minimum atomic E-state index is -3.37. The van der Waals surface area contributed by atoms with Gasteiger partial charge in [0.1, 0.15) is 0 Å². The summed E-state index contributed by atoms with van der Waals surface area (Å²) < 4.78 is 32.5. The lowest BCUT2D eigenvalue weighted by molar-refractivity contribution is 0.183. The van der Waals surface area contributed by atoms with Gasteiger partial charge in [0.05, 0.1) is 30.8 Å². The zero-order chi connectivity index (χ0) is 13.6. The van der Waals surface area contributed by atoms with Crippen LogP contribution in [0.2, 0.25) is 0 Å². The van der Waals surface area contributed by atoms with Crippen LogP contribution in [0.4, 0.5) is 5.69 Å². The average Bonchev–Trinajstić information content (AvgIpc) is 2.72. The minimum Gasteiger partial charge on any atom is -0.383 e. The van der Waals surface area contributed by atoms with E-state index in [1.165, 1.54) is 6.20 Å². The first-order chi connectivity index (χ1) is 8.46. The number of nitrogens with zero attached hydrogens (tertiary/aromatic N) is 2. The predicted molar refractivity (Wildman–Crippen MR) is 71.4 cm³/mol. The summed E-state index contributed by atoms with van der Waals surface area (Å²) in [6, 6.07) is 0. The number of hydrogen-bond donors (Lipinski definition) is 1. The summed E-state index contributed by atoms with van der Waals surface area (Å²) in [5.41, 5.74) is 0.452. The van der Waals surface area contributed by atoms with E-state index in [-0.39, 0.29) is 11.7 Å². The molecule has 0 aliphatic rings. The maximum atomic E-state index is 11.8. The molecule has 0 aliphatic carbocycles. The van der Waals surface area contributed by atoms with E-state index in [1.807, 2.05) is 0 Å². The smallest absolute Gasteiger partial charge is 0.233 e. The van der Waals surface area contributed by atoms with Crippen LogP contribution in [0.5, 0.6) is 0 Å². The third kappa shape index (κ3) is 5.24. The van der Waals surface area contributed by atoms with Gasteiger partial charge in [-0.2, -0.15) is 5.10 Å². The van der Waals surface area contributed by atoms with Crippen molar-refractivity contribution in [2.24, 2.45) is 5.92 Å². The van der Waals surface area contributed by atoms with E-state index in [4.69, 9.17) is 16.3 Å². The lowest BCUT2D eigenvalue weighted by Crippen LogP contribution is -2.21. The third-order valence-electron chi connectivity index (χ3n) is 2.20. The van der Waals surface area contributed by atoms with E-state index in [0.717, 1.165) is 0 Å². The summed E-state index contributed by atoms with van der Waals surface area (Å²) in [5, 5.41) is 4.02. The molecule has 0 aromatic carbocycles. The zero-order valence-corrected chi connectivity index (χ0v) is 12.0. The molecule has 8 heteroatoms. The molecule has 0 radical (unpaired) electrons. The van der Waals surface area contributed by atoms with Gasteiger partial charge >= 0.3 is 0 Å². The second-order valence-electron chi connectivity index (χ2n) is 4.13. The number of nitrogens with one attached hydrogen (secondary N) is 1. The zero-order valence-electron chi connectivity index (χ0n) is 10.5. The van der Waals surface area contributed by atoms with Gasteiger partial charge < -0.3 is 4.74 Å². The number of aromatic nitrogens is 2. The van der Waals surface area contributed by atoms with Gasteiger partial charge in [-0.25, -0.2) is 8.42 Å². The molecule has 6 nitrogen and oxygen atoms in total. The van der Waals surface area contributed by atoms with E-state index in [9.17, 15) is 8.42 Å². The number of rotatable bonds is 8. The largest absolute Gasteiger partial charge is 0.383 e. The summed E-state index contributed by atoms with van der Waals surface area (Å²) in [6.45, 7) is 2.89. The predicted octanol–water partition coefficient (Wildman–Crippen LogP) is 1.15. The molecule has 0 amide bonds. The fraction of sp³-hybridized carbons (Fsp3) is 0.700. The first-order valence-electron chi connectivity index (χ1n) is 5.54. The molecule has 1 unspecified atom stereocenters. The molecular formula is C10H18ClN3O3S. The van der Waals surface area contributed by atoms with Crippen molar-refractivity contribution in [1.29, 1.82) is 0 Å². The molecule has 1 heterocycles. The topological polar surface area (TPSA) is 73.2 Å². The number of hydrogen-bond acceptors (Lipinski definition) is 4. The Morgan fingerprint density at radius 1 is 1.61 bits per heavy atom. The summed E-state index contributed by atoms with van der Waals surface area (Å²) >= 11 is 5.60. The highest BCUT2D eigenvalue weighted by Gasteiger charge is 2.15. The number of alkyl halides is 1. The van der Waals surface area contributed by atoms with Crippen molar-refractivity contribution >= 4 is 27.3 Å². The van der Waals surface area contributed by atoms with Gasteiger partial charge in [0, 0.05) is 19.2 Å². The second-order valence-corrected chi connectivity index (χ2v) is 6.20. The molecule has 0 fully saturated rings. The second kappa shape index (κ2) is 6.96. The fourth-order valence-electron chi connectivity index (χ4n) is 1.36. The van der Waals surface area contributed by atoms with Gasteiger partial charge in [-0.3, -0.25) is 9.40 Å². The van der Waals surface area contributed by atoms with Gasteiger partial charge in [-0.15, -0.1) is 11.6 Å². The Hall–Kier alpha value is -0.790. The molecule has 0 spiro atoms. The maximum Gasteiger partial charge on any atom is 0.233 e. The Bertz CT molecular complexity index is 461. The molecule has 1 N–H and O–H groups in total. The summed E-state index contributed by atoms with van der Waals surface area (Å²) in [7, 11) is -1.77. The molecule has 1 rings (SSSR count). The van der Waals surface area contributed by atoms with Gasteiger partial charge in [0.25, 0.3) is 0 Å². The minimum absolute atomic E-state index is 0.000247. The molecule has 104 valence electrons. The van der Waals surface area contributed by atoms with E-state index >= 15 is 0 Å². The number of ether oxygens (including phenoxy) is 1. The molecule has 18 heavy (non-hydrogen) atoms. The lowest BCUT2D eigenvalue weighted by Gasteiger charge is -2.09. The molecule has 1 aromatic rings. The van der Waals surface area contributed by atoms with Crippen molar-refractivity contribution in [3.05, 3.63) is 12.4 Å². The molecule has 0 saturated carbocycles. The highest BCUT2D eigenvalue weighted by Crippen LogP contribution is 2.10. The summed E-state index contributed by atoms with van der Waals surface area (Å²) in [5.74, 6) is 0.223. The van der Waals surface area contributed by atoms with Crippen LogP contribution >= 0.6 is 11.6 Å². The lowest BCUT2D eigenvalue weighted by atomic mass is 10.3. The number of anilines is 1. The first kappa shape index (κ1) is 15.3. The van der Waals surface area contributed by atoms with Crippen LogP contribution in [-0.2, 0) is 21.3 Å². The highest BCUT2D eigenvalue weighted by atomic mass is 35.5.